The Kier molecular flexibility index (Phi) is 10.6. The van der Waals surface area contributed by atoms with Crippen LogP contribution in [0.15, 0.2) is 36.5 Å². The van der Waals surface area contributed by atoms with Crippen molar-refractivity contribution in [1.82, 2.24) is 24.3 Å². The lowest BCUT2D eigenvalue weighted by molar-refractivity contribution is 0.0145. The monoisotopic (exact) mass is 560 g/mol. The van der Waals surface area contributed by atoms with E-state index in [1.165, 1.54) is 0 Å². The summed E-state index contributed by atoms with van der Waals surface area (Å²) < 4.78 is 13.5. The molecule has 9 heteroatoms. The molecular weight excluding hydrogens is 516 g/mol. The number of rotatable bonds is 10. The number of fused-ring (bicyclic) bond motifs is 1. The third kappa shape index (κ3) is 8.94. The maximum Gasteiger partial charge on any atom is 0.410 e. The lowest BCUT2D eigenvalue weighted by Crippen LogP contribution is -2.50. The van der Waals surface area contributed by atoms with E-state index in [0.717, 1.165) is 79.7 Å². The van der Waals surface area contributed by atoms with Gasteiger partial charge in [0.1, 0.15) is 29.2 Å². The molecule has 1 aromatic carbocycles. The highest BCUT2D eigenvalue weighted by atomic mass is 16.6. The normalized spacial score (nSPS) is 14.2. The van der Waals surface area contributed by atoms with E-state index in [1.807, 2.05) is 61.9 Å². The molecule has 9 nitrogen and oxygen atoms in total. The Labute approximate surface area is 244 Å². The van der Waals surface area contributed by atoms with Crippen LogP contribution in [0, 0.1) is 11.8 Å². The van der Waals surface area contributed by atoms with Gasteiger partial charge in [0.15, 0.2) is 5.82 Å². The van der Waals surface area contributed by atoms with Crippen LogP contribution in [0.25, 0.3) is 11.0 Å². The van der Waals surface area contributed by atoms with E-state index >= 15 is 0 Å². The predicted molar refractivity (Wildman–Crippen MR) is 162 cm³/mol. The van der Waals surface area contributed by atoms with E-state index in [1.54, 1.807) is 4.90 Å². The lowest BCUT2D eigenvalue weighted by Gasteiger charge is -2.35. The first-order valence-electron chi connectivity index (χ1n) is 14.7. The lowest BCUT2D eigenvalue weighted by atomic mass is 10.2. The molecule has 1 saturated heterocycles. The van der Waals surface area contributed by atoms with Gasteiger partial charge in [-0.2, -0.15) is 0 Å². The molecule has 0 unspecified atom stereocenters. The first kappa shape index (κ1) is 30.4. The molecule has 0 atom stereocenters. The summed E-state index contributed by atoms with van der Waals surface area (Å²) in [7, 11) is 0. The van der Waals surface area contributed by atoms with Gasteiger partial charge in [-0.1, -0.05) is 55.5 Å². The second-order valence-corrected chi connectivity index (χ2v) is 11.5. The fourth-order valence-corrected chi connectivity index (χ4v) is 4.78. The van der Waals surface area contributed by atoms with Gasteiger partial charge in [0.2, 0.25) is 0 Å². The molecule has 0 aliphatic carbocycles. The maximum atomic E-state index is 12.3. The molecule has 1 aliphatic rings. The quantitative estimate of drug-likeness (QED) is 0.268. The highest BCUT2D eigenvalue weighted by Crippen LogP contribution is 2.24. The van der Waals surface area contributed by atoms with Crippen LogP contribution in [0.1, 0.15) is 70.3 Å². The van der Waals surface area contributed by atoms with Crippen molar-refractivity contribution in [2.24, 2.45) is 0 Å². The predicted octanol–water partition coefficient (Wildman–Crippen LogP) is 5.21. The van der Waals surface area contributed by atoms with Crippen molar-refractivity contribution < 1.29 is 14.3 Å². The number of amides is 1. The fourth-order valence-electron chi connectivity index (χ4n) is 4.78. The first-order chi connectivity index (χ1) is 19.7. The van der Waals surface area contributed by atoms with Gasteiger partial charge in [-0.25, -0.2) is 14.8 Å². The smallest absolute Gasteiger partial charge is 0.410 e. The molecule has 41 heavy (non-hydrogen) atoms. The van der Waals surface area contributed by atoms with Gasteiger partial charge in [0.25, 0.3) is 0 Å². The van der Waals surface area contributed by atoms with E-state index in [-0.39, 0.29) is 6.09 Å². The number of hydrogen-bond donors (Lipinski definition) is 1. The van der Waals surface area contributed by atoms with E-state index in [9.17, 15) is 4.79 Å². The number of ether oxygens (including phenoxy) is 2. The van der Waals surface area contributed by atoms with Crippen molar-refractivity contribution in [2.75, 3.05) is 38.5 Å². The van der Waals surface area contributed by atoms with Crippen LogP contribution in [0.3, 0.4) is 0 Å². The summed E-state index contributed by atoms with van der Waals surface area (Å²) in [4.78, 5) is 25.9. The van der Waals surface area contributed by atoms with E-state index in [4.69, 9.17) is 20.2 Å². The number of hydrogen-bond acceptors (Lipinski definition) is 7. The second-order valence-electron chi connectivity index (χ2n) is 11.5. The van der Waals surface area contributed by atoms with Gasteiger partial charge in [-0.15, -0.1) is 0 Å². The molecule has 0 bridgehead atoms. The van der Waals surface area contributed by atoms with E-state index < -0.39 is 5.60 Å². The average molecular weight is 561 g/mol. The van der Waals surface area contributed by atoms with Crippen LogP contribution in [0.2, 0.25) is 0 Å². The number of nitrogen functional groups attached to an aromatic ring is 1. The van der Waals surface area contributed by atoms with Crippen molar-refractivity contribution in [3.63, 3.8) is 0 Å². The number of aromatic nitrogens is 3. The van der Waals surface area contributed by atoms with Crippen molar-refractivity contribution in [2.45, 2.75) is 78.7 Å². The third-order valence-electron chi connectivity index (χ3n) is 6.90. The zero-order valence-electron chi connectivity index (χ0n) is 25.0. The molecule has 3 heterocycles. The molecule has 2 aromatic heterocycles. The number of nitrogens with zero attached hydrogens (tertiary/aromatic N) is 5. The topological polar surface area (TPSA) is 98.7 Å². The summed E-state index contributed by atoms with van der Waals surface area (Å²) in [6.45, 7) is 12.7. The van der Waals surface area contributed by atoms with Gasteiger partial charge in [0.05, 0.1) is 12.2 Å². The standard InChI is InChI=1S/C32H44N6O3/c1-5-6-16-27-34-28-26(22-38(29(28)30(33)35-27)24-40-23-25-13-9-7-10-14-25)15-11-8-12-17-36-18-20-37(21-19-36)31(39)41-32(2,3)4/h7,9-10,13-14,22H,5-6,8,12,16-21,23-24H2,1-4H3,(H2,33,34,35). The Balaban J connectivity index is 1.36. The number of carbonyl (C=O) groups is 1. The zero-order chi connectivity index (χ0) is 29.2. The molecule has 220 valence electrons. The number of carbonyl (C=O) groups excluding carboxylic acids is 1. The van der Waals surface area contributed by atoms with Gasteiger partial charge in [0, 0.05) is 45.2 Å². The van der Waals surface area contributed by atoms with Crippen LogP contribution >= 0.6 is 0 Å². The molecule has 3 aromatic rings. The van der Waals surface area contributed by atoms with Gasteiger partial charge in [-0.3, -0.25) is 4.90 Å². The molecule has 1 amide bonds. The molecule has 0 spiro atoms. The van der Waals surface area contributed by atoms with Crippen molar-refractivity contribution in [3.05, 3.63) is 53.5 Å². The van der Waals surface area contributed by atoms with Crippen LogP contribution < -0.4 is 5.73 Å². The summed E-state index contributed by atoms with van der Waals surface area (Å²) in [5.74, 6) is 7.91. The number of benzene rings is 1. The number of unbranched alkanes of at least 4 members (excludes halogenated alkanes) is 2. The van der Waals surface area contributed by atoms with Crippen molar-refractivity contribution in [3.8, 4) is 11.8 Å². The minimum atomic E-state index is -0.469. The minimum Gasteiger partial charge on any atom is -0.444 e. The maximum absolute atomic E-state index is 12.3. The minimum absolute atomic E-state index is 0.227. The highest BCUT2D eigenvalue weighted by Gasteiger charge is 2.25. The van der Waals surface area contributed by atoms with E-state index in [2.05, 4.69) is 28.6 Å². The van der Waals surface area contributed by atoms with Gasteiger partial charge >= 0.3 is 6.09 Å². The summed E-state index contributed by atoms with van der Waals surface area (Å²) in [5.41, 5.74) is 9.48. The second kappa shape index (κ2) is 14.3. The van der Waals surface area contributed by atoms with Crippen LogP contribution in [-0.4, -0.2) is 68.8 Å². The Morgan fingerprint density at radius 2 is 1.83 bits per heavy atom. The van der Waals surface area contributed by atoms with Crippen LogP contribution in [0.5, 0.6) is 0 Å². The molecule has 1 fully saturated rings. The van der Waals surface area contributed by atoms with Crippen molar-refractivity contribution in [1.29, 1.82) is 0 Å². The molecule has 0 radical (unpaired) electrons. The largest absolute Gasteiger partial charge is 0.444 e. The van der Waals surface area contributed by atoms with Gasteiger partial charge in [-0.05, 0) is 45.7 Å². The van der Waals surface area contributed by atoms with Crippen LogP contribution in [-0.2, 0) is 29.2 Å². The molecule has 2 N–H and O–H groups in total. The molecular formula is C32H44N6O3. The number of aryl methyl sites for hydroxylation is 1. The Morgan fingerprint density at radius 1 is 1.07 bits per heavy atom. The zero-order valence-corrected chi connectivity index (χ0v) is 25.0. The Hall–Kier alpha value is -3.61. The van der Waals surface area contributed by atoms with Crippen molar-refractivity contribution >= 4 is 22.9 Å². The molecule has 0 saturated carbocycles. The highest BCUT2D eigenvalue weighted by molar-refractivity contribution is 5.90. The fraction of sp³-hybridized carbons (Fsp3) is 0.531. The molecule has 4 rings (SSSR count). The number of anilines is 1. The number of piperazine rings is 1. The molecule has 1 aliphatic heterocycles. The summed E-state index contributed by atoms with van der Waals surface area (Å²) >= 11 is 0. The van der Waals surface area contributed by atoms with Gasteiger partial charge < -0.3 is 24.7 Å². The number of nitrogens with two attached hydrogens (primary N) is 1. The van der Waals surface area contributed by atoms with Crippen LogP contribution in [0.4, 0.5) is 10.6 Å². The van der Waals surface area contributed by atoms with E-state index in [0.29, 0.717) is 32.2 Å². The summed E-state index contributed by atoms with van der Waals surface area (Å²) in [6, 6.07) is 10.1. The summed E-state index contributed by atoms with van der Waals surface area (Å²) in [5, 5.41) is 0. The Bertz CT molecular complexity index is 1340. The SMILES string of the molecule is CCCCc1nc(N)c2c(n1)c(C#CCCCN1CCN(C(=O)OC(C)(C)C)CC1)cn2COCc1ccccc1. The first-order valence-corrected chi connectivity index (χ1v) is 14.7. The Morgan fingerprint density at radius 3 is 2.54 bits per heavy atom. The average Bonchev–Trinajstić information content (AvgIpc) is 3.29. The third-order valence-corrected chi connectivity index (χ3v) is 6.90. The summed E-state index contributed by atoms with van der Waals surface area (Å²) in [6.07, 6.45) is 6.35.